The van der Waals surface area contributed by atoms with E-state index in [0.717, 1.165) is 10.4 Å². The molecule has 0 aliphatic heterocycles. The molecule has 2 rings (SSSR count). The SMILES string of the molecule is CN(Cc1ccco1)S(=O)(=O)c1ccc(Br)c(C(=O)O)c1. The van der Waals surface area contributed by atoms with Gasteiger partial charge in [0.2, 0.25) is 10.0 Å². The molecule has 112 valence electrons. The Morgan fingerprint density at radius 3 is 2.67 bits per heavy atom. The van der Waals surface area contributed by atoms with E-state index in [1.165, 1.54) is 25.4 Å². The van der Waals surface area contributed by atoms with Crippen molar-refractivity contribution in [3.8, 4) is 0 Å². The van der Waals surface area contributed by atoms with E-state index in [1.807, 2.05) is 0 Å². The number of hydrogen-bond acceptors (Lipinski definition) is 4. The Kier molecular flexibility index (Phi) is 4.50. The molecule has 0 radical (unpaired) electrons. The van der Waals surface area contributed by atoms with Crippen LogP contribution in [0, 0.1) is 0 Å². The second-order valence-corrected chi connectivity index (χ2v) is 7.19. The van der Waals surface area contributed by atoms with Crippen LogP contribution in [-0.4, -0.2) is 30.8 Å². The Morgan fingerprint density at radius 2 is 2.10 bits per heavy atom. The average Bonchev–Trinajstić information content (AvgIpc) is 2.91. The molecule has 1 aromatic heterocycles. The van der Waals surface area contributed by atoms with Crippen molar-refractivity contribution in [3.05, 3.63) is 52.4 Å². The summed E-state index contributed by atoms with van der Waals surface area (Å²) in [4.78, 5) is 11.0. The first kappa shape index (κ1) is 15.7. The van der Waals surface area contributed by atoms with E-state index in [2.05, 4.69) is 15.9 Å². The van der Waals surface area contributed by atoms with Crippen LogP contribution < -0.4 is 0 Å². The van der Waals surface area contributed by atoms with E-state index in [-0.39, 0.29) is 17.0 Å². The minimum absolute atomic E-state index is 0.0633. The van der Waals surface area contributed by atoms with Crippen molar-refractivity contribution in [1.29, 1.82) is 0 Å². The van der Waals surface area contributed by atoms with Gasteiger partial charge in [-0.1, -0.05) is 0 Å². The fourth-order valence-corrected chi connectivity index (χ4v) is 3.30. The number of furan rings is 1. The molecule has 0 atom stereocenters. The Bertz CT molecular complexity index is 755. The molecule has 1 heterocycles. The average molecular weight is 374 g/mol. The van der Waals surface area contributed by atoms with Crippen molar-refractivity contribution < 1.29 is 22.7 Å². The van der Waals surface area contributed by atoms with Gasteiger partial charge in [0.15, 0.2) is 0 Å². The van der Waals surface area contributed by atoms with Crippen molar-refractivity contribution in [2.75, 3.05) is 7.05 Å². The van der Waals surface area contributed by atoms with Crippen molar-refractivity contribution in [3.63, 3.8) is 0 Å². The minimum atomic E-state index is -3.80. The van der Waals surface area contributed by atoms with Crippen LogP contribution in [0.25, 0.3) is 0 Å². The molecule has 0 saturated carbocycles. The van der Waals surface area contributed by atoms with Crippen LogP contribution in [-0.2, 0) is 16.6 Å². The molecule has 2 aromatic rings. The van der Waals surface area contributed by atoms with Crippen LogP contribution in [0.15, 0.2) is 50.4 Å². The molecule has 6 nitrogen and oxygen atoms in total. The maximum absolute atomic E-state index is 12.4. The number of carbonyl (C=O) groups is 1. The fourth-order valence-electron chi connectivity index (χ4n) is 1.72. The number of carboxylic acids is 1. The molecule has 21 heavy (non-hydrogen) atoms. The highest BCUT2D eigenvalue weighted by molar-refractivity contribution is 9.10. The number of rotatable bonds is 5. The third-order valence-electron chi connectivity index (χ3n) is 2.84. The van der Waals surface area contributed by atoms with Gasteiger partial charge in [0.1, 0.15) is 5.76 Å². The molecule has 0 aliphatic rings. The quantitative estimate of drug-likeness (QED) is 0.869. The van der Waals surface area contributed by atoms with Crippen molar-refractivity contribution in [2.24, 2.45) is 0 Å². The zero-order valence-electron chi connectivity index (χ0n) is 11.0. The maximum atomic E-state index is 12.4. The summed E-state index contributed by atoms with van der Waals surface area (Å²) in [6.45, 7) is 0.0633. The number of nitrogens with zero attached hydrogens (tertiary/aromatic N) is 1. The topological polar surface area (TPSA) is 87.8 Å². The summed E-state index contributed by atoms with van der Waals surface area (Å²) < 4.78 is 31.4. The van der Waals surface area contributed by atoms with Gasteiger partial charge in [0.25, 0.3) is 0 Å². The zero-order valence-corrected chi connectivity index (χ0v) is 13.4. The van der Waals surface area contributed by atoms with Gasteiger partial charge in [-0.05, 0) is 46.3 Å². The van der Waals surface area contributed by atoms with E-state index < -0.39 is 16.0 Å². The molecule has 0 spiro atoms. The van der Waals surface area contributed by atoms with Crippen LogP contribution in [0.1, 0.15) is 16.1 Å². The van der Waals surface area contributed by atoms with Crippen LogP contribution in [0.2, 0.25) is 0 Å². The van der Waals surface area contributed by atoms with Crippen LogP contribution in [0.3, 0.4) is 0 Å². The standard InChI is InChI=1S/C13H12BrNO5S/c1-15(8-9-3-2-6-20-9)21(18,19)10-4-5-12(14)11(7-10)13(16)17/h2-7H,8H2,1H3,(H,16,17). The monoisotopic (exact) mass is 373 g/mol. The van der Waals surface area contributed by atoms with Crippen LogP contribution in [0.4, 0.5) is 0 Å². The Labute approximate surface area is 130 Å². The summed E-state index contributed by atoms with van der Waals surface area (Å²) >= 11 is 3.08. The molecule has 8 heteroatoms. The van der Waals surface area contributed by atoms with E-state index in [9.17, 15) is 13.2 Å². The molecule has 0 unspecified atom stereocenters. The first-order chi connectivity index (χ1) is 9.82. The largest absolute Gasteiger partial charge is 0.478 e. The first-order valence-corrected chi connectivity index (χ1v) is 8.07. The predicted molar refractivity (Wildman–Crippen MR) is 78.5 cm³/mol. The molecular formula is C13H12BrNO5S. The first-order valence-electron chi connectivity index (χ1n) is 5.84. The van der Waals surface area contributed by atoms with Gasteiger partial charge in [-0.15, -0.1) is 0 Å². The van der Waals surface area contributed by atoms with Gasteiger partial charge in [0.05, 0.1) is 23.3 Å². The predicted octanol–water partition coefficient (Wildman–Crippen LogP) is 2.56. The number of benzene rings is 1. The highest BCUT2D eigenvalue weighted by Gasteiger charge is 2.23. The second-order valence-electron chi connectivity index (χ2n) is 4.29. The summed E-state index contributed by atoms with van der Waals surface area (Å²) in [5.41, 5.74) is -0.109. The number of sulfonamides is 1. The summed E-state index contributed by atoms with van der Waals surface area (Å²) in [5, 5.41) is 9.05. The normalized spacial score (nSPS) is 11.8. The summed E-state index contributed by atoms with van der Waals surface area (Å²) in [7, 11) is -2.40. The third kappa shape index (κ3) is 3.34. The van der Waals surface area contributed by atoms with E-state index in [1.54, 1.807) is 12.1 Å². The third-order valence-corrected chi connectivity index (χ3v) is 5.33. The molecule has 0 bridgehead atoms. The summed E-state index contributed by atoms with van der Waals surface area (Å²) in [6.07, 6.45) is 1.46. The Hall–Kier alpha value is -1.64. The van der Waals surface area contributed by atoms with E-state index in [4.69, 9.17) is 9.52 Å². The van der Waals surface area contributed by atoms with Gasteiger partial charge in [0, 0.05) is 11.5 Å². The van der Waals surface area contributed by atoms with Crippen molar-refractivity contribution in [2.45, 2.75) is 11.4 Å². The lowest BCUT2D eigenvalue weighted by Crippen LogP contribution is -2.26. The molecule has 0 fully saturated rings. The van der Waals surface area contributed by atoms with Crippen molar-refractivity contribution in [1.82, 2.24) is 4.31 Å². The lowest BCUT2D eigenvalue weighted by Gasteiger charge is -2.16. The molecular weight excluding hydrogens is 362 g/mol. The van der Waals surface area contributed by atoms with Crippen molar-refractivity contribution >= 4 is 31.9 Å². The smallest absolute Gasteiger partial charge is 0.336 e. The van der Waals surface area contributed by atoms with Gasteiger partial charge < -0.3 is 9.52 Å². The van der Waals surface area contributed by atoms with Gasteiger partial charge in [-0.25, -0.2) is 13.2 Å². The molecule has 1 N–H and O–H groups in total. The maximum Gasteiger partial charge on any atom is 0.336 e. The molecule has 0 aliphatic carbocycles. The molecule has 0 saturated heterocycles. The Morgan fingerprint density at radius 1 is 1.38 bits per heavy atom. The molecule has 0 amide bonds. The van der Waals surface area contributed by atoms with E-state index in [0.29, 0.717) is 10.2 Å². The second kappa shape index (κ2) is 6.00. The van der Waals surface area contributed by atoms with Gasteiger partial charge >= 0.3 is 5.97 Å². The lowest BCUT2D eigenvalue weighted by molar-refractivity contribution is 0.0695. The van der Waals surface area contributed by atoms with Crippen LogP contribution >= 0.6 is 15.9 Å². The number of hydrogen-bond donors (Lipinski definition) is 1. The van der Waals surface area contributed by atoms with Gasteiger partial charge in [-0.2, -0.15) is 4.31 Å². The van der Waals surface area contributed by atoms with Gasteiger partial charge in [-0.3, -0.25) is 0 Å². The number of halogens is 1. The number of carboxylic acid groups (broad SMARTS) is 1. The highest BCUT2D eigenvalue weighted by atomic mass is 79.9. The Balaban J connectivity index is 2.35. The highest BCUT2D eigenvalue weighted by Crippen LogP contribution is 2.23. The summed E-state index contributed by atoms with van der Waals surface area (Å²) in [5.74, 6) is -0.704. The fraction of sp³-hybridized carbons (Fsp3) is 0.154. The zero-order chi connectivity index (χ0) is 15.6. The summed E-state index contributed by atoms with van der Waals surface area (Å²) in [6, 6.07) is 7.20. The van der Waals surface area contributed by atoms with Crippen LogP contribution in [0.5, 0.6) is 0 Å². The lowest BCUT2D eigenvalue weighted by atomic mass is 10.2. The molecule has 1 aromatic carbocycles. The minimum Gasteiger partial charge on any atom is -0.478 e. The van der Waals surface area contributed by atoms with E-state index >= 15 is 0 Å². The number of aromatic carboxylic acids is 1.